The highest BCUT2D eigenvalue weighted by Crippen LogP contribution is 2.17. The fourth-order valence-electron chi connectivity index (χ4n) is 2.78. The van der Waals surface area contributed by atoms with Crippen molar-refractivity contribution >= 4 is 5.91 Å². The summed E-state index contributed by atoms with van der Waals surface area (Å²) in [6.45, 7) is 10.6. The standard InChI is InChI=1S/C14H29N3O2/c1-5-6-14(4,15)13(19)17-8-7-16(10-12(3)18)11(2)9-17/h11-12,18H,5-10,15H2,1-4H3. The molecule has 0 spiro atoms. The largest absolute Gasteiger partial charge is 0.392 e. The highest BCUT2D eigenvalue weighted by atomic mass is 16.3. The average Bonchev–Trinajstić information content (AvgIpc) is 2.30. The Bertz CT molecular complexity index is 305. The molecule has 0 aromatic heterocycles. The summed E-state index contributed by atoms with van der Waals surface area (Å²) in [5.74, 6) is 0.0536. The number of nitrogens with zero attached hydrogens (tertiary/aromatic N) is 2. The fourth-order valence-corrected chi connectivity index (χ4v) is 2.78. The molecular weight excluding hydrogens is 242 g/mol. The van der Waals surface area contributed by atoms with Crippen molar-refractivity contribution in [3.05, 3.63) is 0 Å². The minimum Gasteiger partial charge on any atom is -0.392 e. The van der Waals surface area contributed by atoms with Gasteiger partial charge in [-0.25, -0.2) is 0 Å². The summed E-state index contributed by atoms with van der Waals surface area (Å²) in [6, 6.07) is 0.268. The van der Waals surface area contributed by atoms with E-state index in [-0.39, 0.29) is 18.1 Å². The Labute approximate surface area is 116 Å². The lowest BCUT2D eigenvalue weighted by Crippen LogP contribution is -2.61. The maximum Gasteiger partial charge on any atom is 0.242 e. The van der Waals surface area contributed by atoms with Gasteiger partial charge in [-0.2, -0.15) is 0 Å². The first-order chi connectivity index (χ1) is 8.77. The van der Waals surface area contributed by atoms with E-state index in [1.54, 1.807) is 6.92 Å². The van der Waals surface area contributed by atoms with Gasteiger partial charge in [0.05, 0.1) is 11.6 Å². The fraction of sp³-hybridized carbons (Fsp3) is 0.929. The van der Waals surface area contributed by atoms with Crippen molar-refractivity contribution in [2.75, 3.05) is 26.2 Å². The van der Waals surface area contributed by atoms with E-state index in [4.69, 9.17) is 5.73 Å². The number of rotatable bonds is 5. The second-order valence-electron chi connectivity index (χ2n) is 6.11. The van der Waals surface area contributed by atoms with E-state index >= 15 is 0 Å². The first-order valence-electron chi connectivity index (χ1n) is 7.28. The number of β-amino-alcohol motifs (C(OH)–C–C–N with tert-alkyl or cyclic N) is 1. The summed E-state index contributed by atoms with van der Waals surface area (Å²) in [5.41, 5.74) is 5.37. The SMILES string of the molecule is CCCC(C)(N)C(=O)N1CCN(CC(C)O)C(C)C1. The Morgan fingerprint density at radius 3 is 2.63 bits per heavy atom. The number of carbonyl (C=O) groups is 1. The van der Waals surface area contributed by atoms with E-state index in [0.29, 0.717) is 26.1 Å². The number of piperazine rings is 1. The Balaban J connectivity index is 2.58. The molecule has 0 saturated carbocycles. The number of hydrogen-bond donors (Lipinski definition) is 2. The predicted octanol–water partition coefficient (Wildman–Crippen LogP) is 0.417. The molecule has 1 amide bonds. The number of aliphatic hydroxyl groups excluding tert-OH is 1. The summed E-state index contributed by atoms with van der Waals surface area (Å²) in [4.78, 5) is 16.5. The van der Waals surface area contributed by atoms with Gasteiger partial charge < -0.3 is 15.7 Å². The lowest BCUT2D eigenvalue weighted by atomic mass is 9.95. The molecule has 5 nitrogen and oxygen atoms in total. The third kappa shape index (κ3) is 4.44. The van der Waals surface area contributed by atoms with Crippen molar-refractivity contribution in [3.63, 3.8) is 0 Å². The molecule has 3 N–H and O–H groups in total. The van der Waals surface area contributed by atoms with Gasteiger partial charge in [-0.05, 0) is 27.2 Å². The van der Waals surface area contributed by atoms with Crippen LogP contribution in [0.3, 0.4) is 0 Å². The summed E-state index contributed by atoms with van der Waals surface area (Å²) in [7, 11) is 0. The van der Waals surface area contributed by atoms with Crippen LogP contribution in [-0.2, 0) is 4.79 Å². The monoisotopic (exact) mass is 271 g/mol. The third-order valence-electron chi connectivity index (χ3n) is 3.81. The van der Waals surface area contributed by atoms with Crippen molar-refractivity contribution in [1.82, 2.24) is 9.80 Å². The van der Waals surface area contributed by atoms with Crippen LogP contribution in [0, 0.1) is 0 Å². The maximum atomic E-state index is 12.4. The summed E-state index contributed by atoms with van der Waals surface area (Å²) in [6.07, 6.45) is 1.30. The van der Waals surface area contributed by atoms with Gasteiger partial charge in [-0.15, -0.1) is 0 Å². The zero-order valence-corrected chi connectivity index (χ0v) is 12.7. The van der Waals surface area contributed by atoms with E-state index in [1.165, 1.54) is 0 Å². The highest BCUT2D eigenvalue weighted by molar-refractivity contribution is 5.85. The molecule has 1 aliphatic rings. The van der Waals surface area contributed by atoms with Crippen LogP contribution in [0.5, 0.6) is 0 Å². The number of nitrogens with two attached hydrogens (primary N) is 1. The summed E-state index contributed by atoms with van der Waals surface area (Å²) in [5, 5.41) is 9.45. The van der Waals surface area contributed by atoms with Crippen LogP contribution < -0.4 is 5.73 Å². The molecule has 1 fully saturated rings. The molecule has 0 radical (unpaired) electrons. The van der Waals surface area contributed by atoms with E-state index in [9.17, 15) is 9.90 Å². The molecule has 0 aliphatic carbocycles. The quantitative estimate of drug-likeness (QED) is 0.760. The first-order valence-corrected chi connectivity index (χ1v) is 7.28. The molecular formula is C14H29N3O2. The van der Waals surface area contributed by atoms with Crippen molar-refractivity contribution in [3.8, 4) is 0 Å². The van der Waals surface area contributed by atoms with Gasteiger partial charge >= 0.3 is 0 Å². The van der Waals surface area contributed by atoms with Crippen molar-refractivity contribution in [2.45, 2.75) is 58.2 Å². The first kappa shape index (κ1) is 16.4. The number of hydrogen-bond acceptors (Lipinski definition) is 4. The number of amides is 1. The zero-order valence-electron chi connectivity index (χ0n) is 12.7. The molecule has 0 aromatic rings. The molecule has 3 atom stereocenters. The van der Waals surface area contributed by atoms with Crippen LogP contribution in [0.25, 0.3) is 0 Å². The molecule has 1 aliphatic heterocycles. The van der Waals surface area contributed by atoms with E-state index < -0.39 is 5.54 Å². The topological polar surface area (TPSA) is 69.8 Å². The van der Waals surface area contributed by atoms with Crippen LogP contribution in [0.4, 0.5) is 0 Å². The second kappa shape index (κ2) is 6.68. The van der Waals surface area contributed by atoms with Crippen LogP contribution >= 0.6 is 0 Å². The van der Waals surface area contributed by atoms with Crippen molar-refractivity contribution in [1.29, 1.82) is 0 Å². The van der Waals surface area contributed by atoms with Gasteiger partial charge in [0.15, 0.2) is 0 Å². The normalized spacial score (nSPS) is 26.0. The van der Waals surface area contributed by atoms with Crippen molar-refractivity contribution < 1.29 is 9.90 Å². The minimum absolute atomic E-state index is 0.0536. The molecule has 112 valence electrons. The molecule has 1 heterocycles. The summed E-state index contributed by atoms with van der Waals surface area (Å²) >= 11 is 0. The van der Waals surface area contributed by atoms with Crippen LogP contribution in [0.1, 0.15) is 40.5 Å². The van der Waals surface area contributed by atoms with Crippen LogP contribution in [0.2, 0.25) is 0 Å². The zero-order chi connectivity index (χ0) is 14.6. The molecule has 0 bridgehead atoms. The van der Waals surface area contributed by atoms with Crippen LogP contribution in [0.15, 0.2) is 0 Å². The molecule has 3 unspecified atom stereocenters. The molecule has 19 heavy (non-hydrogen) atoms. The van der Waals surface area contributed by atoms with Gasteiger partial charge in [0, 0.05) is 32.2 Å². The van der Waals surface area contributed by atoms with Crippen molar-refractivity contribution in [2.24, 2.45) is 5.73 Å². The predicted molar refractivity (Wildman–Crippen MR) is 76.8 cm³/mol. The molecule has 5 heteroatoms. The van der Waals surface area contributed by atoms with E-state index in [0.717, 1.165) is 13.0 Å². The number of carbonyl (C=O) groups excluding carboxylic acids is 1. The Hall–Kier alpha value is -0.650. The van der Waals surface area contributed by atoms with E-state index in [2.05, 4.69) is 11.8 Å². The molecule has 1 rings (SSSR count). The van der Waals surface area contributed by atoms with Gasteiger partial charge in [-0.1, -0.05) is 13.3 Å². The Morgan fingerprint density at radius 2 is 2.16 bits per heavy atom. The van der Waals surface area contributed by atoms with E-state index in [1.807, 2.05) is 18.7 Å². The molecule has 1 saturated heterocycles. The smallest absolute Gasteiger partial charge is 0.242 e. The van der Waals surface area contributed by atoms with Crippen LogP contribution in [-0.4, -0.2) is 64.7 Å². The Kier molecular flexibility index (Phi) is 5.77. The van der Waals surface area contributed by atoms with Gasteiger partial charge in [-0.3, -0.25) is 9.69 Å². The highest BCUT2D eigenvalue weighted by Gasteiger charge is 2.35. The number of aliphatic hydroxyl groups is 1. The average molecular weight is 271 g/mol. The van der Waals surface area contributed by atoms with Gasteiger partial charge in [0.2, 0.25) is 5.91 Å². The maximum absolute atomic E-state index is 12.4. The molecule has 0 aromatic carbocycles. The summed E-state index contributed by atoms with van der Waals surface area (Å²) < 4.78 is 0. The lowest BCUT2D eigenvalue weighted by molar-refractivity contribution is -0.139. The third-order valence-corrected chi connectivity index (χ3v) is 3.81. The second-order valence-corrected chi connectivity index (χ2v) is 6.11. The van der Waals surface area contributed by atoms with Gasteiger partial charge in [0.1, 0.15) is 0 Å². The lowest BCUT2D eigenvalue weighted by Gasteiger charge is -2.42. The minimum atomic E-state index is -0.749. The van der Waals surface area contributed by atoms with Gasteiger partial charge in [0.25, 0.3) is 0 Å². The Morgan fingerprint density at radius 1 is 1.53 bits per heavy atom.